The molecule has 0 aliphatic carbocycles. The van der Waals surface area contributed by atoms with Gasteiger partial charge in [0.05, 0.1) is 6.54 Å². The van der Waals surface area contributed by atoms with Gasteiger partial charge in [0.25, 0.3) is 0 Å². The summed E-state index contributed by atoms with van der Waals surface area (Å²) in [5.41, 5.74) is 0.848. The van der Waals surface area contributed by atoms with Gasteiger partial charge in [-0.25, -0.2) is 4.98 Å². The minimum atomic E-state index is -0.0332. The Morgan fingerprint density at radius 1 is 1.41 bits per heavy atom. The Kier molecular flexibility index (Phi) is 5.19. The van der Waals surface area contributed by atoms with E-state index in [0.717, 1.165) is 12.1 Å². The van der Waals surface area contributed by atoms with E-state index in [1.807, 2.05) is 13.8 Å². The second kappa shape index (κ2) is 6.67. The number of nitrogens with one attached hydrogen (secondary N) is 3. The fourth-order valence-electron chi connectivity index (χ4n) is 1.27. The first-order valence-corrected chi connectivity index (χ1v) is 5.69. The second-order valence-corrected chi connectivity index (χ2v) is 3.67. The molecule has 0 aliphatic rings. The SMILES string of the molecule is CCCNC(=O)CNc1cc(C)nc(NC)n1. The smallest absolute Gasteiger partial charge is 0.239 e. The molecule has 0 saturated heterocycles. The van der Waals surface area contributed by atoms with E-state index in [4.69, 9.17) is 0 Å². The van der Waals surface area contributed by atoms with Crippen molar-refractivity contribution in [3.05, 3.63) is 11.8 Å². The fraction of sp³-hybridized carbons (Fsp3) is 0.545. The predicted molar refractivity (Wildman–Crippen MR) is 68.1 cm³/mol. The number of hydrogen-bond donors (Lipinski definition) is 3. The van der Waals surface area contributed by atoms with Crippen molar-refractivity contribution in [1.82, 2.24) is 15.3 Å². The molecule has 1 rings (SSSR count). The van der Waals surface area contributed by atoms with E-state index in [0.29, 0.717) is 18.3 Å². The zero-order valence-electron chi connectivity index (χ0n) is 10.5. The first kappa shape index (κ1) is 13.2. The van der Waals surface area contributed by atoms with Crippen LogP contribution >= 0.6 is 0 Å². The molecule has 0 atom stereocenters. The third kappa shape index (κ3) is 4.67. The molecule has 1 aromatic rings. The first-order chi connectivity index (χ1) is 8.15. The van der Waals surface area contributed by atoms with Crippen molar-refractivity contribution in [3.8, 4) is 0 Å². The van der Waals surface area contributed by atoms with Gasteiger partial charge in [-0.2, -0.15) is 4.98 Å². The highest BCUT2D eigenvalue weighted by Crippen LogP contribution is 2.08. The predicted octanol–water partition coefficient (Wildman–Crippen LogP) is 0.765. The summed E-state index contributed by atoms with van der Waals surface area (Å²) in [6.45, 7) is 4.82. The normalized spacial score (nSPS) is 9.82. The maximum Gasteiger partial charge on any atom is 0.239 e. The van der Waals surface area contributed by atoms with Gasteiger partial charge in [0.15, 0.2) is 0 Å². The molecule has 0 bridgehead atoms. The number of aromatic nitrogens is 2. The van der Waals surface area contributed by atoms with Gasteiger partial charge >= 0.3 is 0 Å². The summed E-state index contributed by atoms with van der Waals surface area (Å²) >= 11 is 0. The van der Waals surface area contributed by atoms with Crippen molar-refractivity contribution >= 4 is 17.7 Å². The van der Waals surface area contributed by atoms with E-state index in [1.54, 1.807) is 13.1 Å². The van der Waals surface area contributed by atoms with E-state index >= 15 is 0 Å². The van der Waals surface area contributed by atoms with Crippen LogP contribution in [0.15, 0.2) is 6.07 Å². The van der Waals surface area contributed by atoms with Crippen LogP contribution in [0.1, 0.15) is 19.0 Å². The average molecular weight is 237 g/mol. The molecule has 1 heterocycles. The Bertz CT molecular complexity index is 380. The maximum absolute atomic E-state index is 11.4. The van der Waals surface area contributed by atoms with E-state index in [1.165, 1.54) is 0 Å². The topological polar surface area (TPSA) is 78.9 Å². The number of carbonyl (C=O) groups excluding carboxylic acids is 1. The average Bonchev–Trinajstić information content (AvgIpc) is 2.33. The lowest BCUT2D eigenvalue weighted by molar-refractivity contribution is -0.119. The second-order valence-electron chi connectivity index (χ2n) is 3.67. The number of nitrogens with zero attached hydrogens (tertiary/aromatic N) is 2. The van der Waals surface area contributed by atoms with E-state index in [-0.39, 0.29) is 12.5 Å². The summed E-state index contributed by atoms with van der Waals surface area (Å²) in [6, 6.07) is 1.80. The molecule has 0 radical (unpaired) electrons. The zero-order valence-corrected chi connectivity index (χ0v) is 10.5. The van der Waals surface area contributed by atoms with E-state index < -0.39 is 0 Å². The lowest BCUT2D eigenvalue weighted by atomic mass is 10.4. The van der Waals surface area contributed by atoms with Gasteiger partial charge in [-0.3, -0.25) is 4.79 Å². The molecule has 3 N–H and O–H groups in total. The molecule has 0 fully saturated rings. The number of aryl methyl sites for hydroxylation is 1. The lowest BCUT2D eigenvalue weighted by Gasteiger charge is -2.08. The Morgan fingerprint density at radius 2 is 2.18 bits per heavy atom. The summed E-state index contributed by atoms with van der Waals surface area (Å²) in [5.74, 6) is 1.16. The van der Waals surface area contributed by atoms with Gasteiger partial charge in [0.1, 0.15) is 5.82 Å². The van der Waals surface area contributed by atoms with Gasteiger partial charge in [0, 0.05) is 25.4 Å². The number of rotatable bonds is 6. The summed E-state index contributed by atoms with van der Waals surface area (Å²) in [6.07, 6.45) is 0.933. The molecule has 0 aliphatic heterocycles. The molecule has 6 nitrogen and oxygen atoms in total. The minimum absolute atomic E-state index is 0.0332. The Hall–Kier alpha value is -1.85. The molecular formula is C11H19N5O. The number of carbonyl (C=O) groups is 1. The van der Waals surface area contributed by atoms with Crippen LogP contribution < -0.4 is 16.0 Å². The van der Waals surface area contributed by atoms with Gasteiger partial charge in [-0.05, 0) is 13.3 Å². The highest BCUT2D eigenvalue weighted by atomic mass is 16.1. The zero-order chi connectivity index (χ0) is 12.7. The van der Waals surface area contributed by atoms with Crippen LogP contribution in [-0.2, 0) is 4.79 Å². The molecular weight excluding hydrogens is 218 g/mol. The van der Waals surface area contributed by atoms with Gasteiger partial charge in [0.2, 0.25) is 11.9 Å². The molecule has 1 aromatic heterocycles. The van der Waals surface area contributed by atoms with Crippen molar-refractivity contribution in [2.45, 2.75) is 20.3 Å². The number of anilines is 2. The Balaban J connectivity index is 2.51. The Morgan fingerprint density at radius 3 is 2.82 bits per heavy atom. The molecule has 17 heavy (non-hydrogen) atoms. The third-order valence-electron chi connectivity index (χ3n) is 2.08. The summed E-state index contributed by atoms with van der Waals surface area (Å²) in [5, 5.41) is 8.62. The minimum Gasteiger partial charge on any atom is -0.361 e. The quantitative estimate of drug-likeness (QED) is 0.681. The van der Waals surface area contributed by atoms with Crippen molar-refractivity contribution in [1.29, 1.82) is 0 Å². The molecule has 94 valence electrons. The van der Waals surface area contributed by atoms with Gasteiger partial charge < -0.3 is 16.0 Å². The standard InChI is InChI=1S/C11H19N5O/c1-4-5-13-10(17)7-14-9-6-8(2)15-11(12-3)16-9/h6H,4-5,7H2,1-3H3,(H,13,17)(H2,12,14,15,16). The van der Waals surface area contributed by atoms with E-state index in [2.05, 4.69) is 25.9 Å². The lowest BCUT2D eigenvalue weighted by Crippen LogP contribution is -2.30. The summed E-state index contributed by atoms with van der Waals surface area (Å²) < 4.78 is 0. The highest BCUT2D eigenvalue weighted by Gasteiger charge is 2.03. The number of amides is 1. The third-order valence-corrected chi connectivity index (χ3v) is 2.08. The van der Waals surface area contributed by atoms with Crippen LogP contribution in [0.3, 0.4) is 0 Å². The highest BCUT2D eigenvalue weighted by molar-refractivity contribution is 5.80. The molecule has 1 amide bonds. The van der Waals surface area contributed by atoms with Crippen LogP contribution in [0, 0.1) is 6.92 Å². The van der Waals surface area contributed by atoms with Crippen LogP contribution in [0.2, 0.25) is 0 Å². The maximum atomic E-state index is 11.4. The van der Waals surface area contributed by atoms with E-state index in [9.17, 15) is 4.79 Å². The summed E-state index contributed by atoms with van der Waals surface area (Å²) in [7, 11) is 1.76. The summed E-state index contributed by atoms with van der Waals surface area (Å²) in [4.78, 5) is 19.7. The van der Waals surface area contributed by atoms with Crippen LogP contribution in [0.5, 0.6) is 0 Å². The van der Waals surface area contributed by atoms with Crippen LogP contribution in [0.4, 0.5) is 11.8 Å². The molecule has 6 heteroatoms. The van der Waals surface area contributed by atoms with Gasteiger partial charge in [-0.1, -0.05) is 6.92 Å². The van der Waals surface area contributed by atoms with Crippen molar-refractivity contribution in [2.24, 2.45) is 0 Å². The van der Waals surface area contributed by atoms with Crippen molar-refractivity contribution < 1.29 is 4.79 Å². The molecule has 0 spiro atoms. The van der Waals surface area contributed by atoms with Crippen LogP contribution in [0.25, 0.3) is 0 Å². The molecule has 0 unspecified atom stereocenters. The van der Waals surface area contributed by atoms with Crippen molar-refractivity contribution in [3.63, 3.8) is 0 Å². The fourth-order valence-corrected chi connectivity index (χ4v) is 1.27. The first-order valence-electron chi connectivity index (χ1n) is 5.69. The monoisotopic (exact) mass is 237 g/mol. The number of hydrogen-bond acceptors (Lipinski definition) is 5. The largest absolute Gasteiger partial charge is 0.361 e. The Labute approximate surface area is 101 Å². The molecule has 0 aromatic carbocycles. The van der Waals surface area contributed by atoms with Crippen LogP contribution in [-0.4, -0.2) is 36.0 Å². The van der Waals surface area contributed by atoms with Gasteiger partial charge in [-0.15, -0.1) is 0 Å². The van der Waals surface area contributed by atoms with Crippen molar-refractivity contribution in [2.75, 3.05) is 30.8 Å². The molecule has 0 saturated carbocycles.